The van der Waals surface area contributed by atoms with Gasteiger partial charge in [0.05, 0.1) is 15.7 Å². The summed E-state index contributed by atoms with van der Waals surface area (Å²) in [6.07, 6.45) is 5.60. The first kappa shape index (κ1) is 21.8. The molecular formula is C24H26N6OS. The van der Waals surface area contributed by atoms with Gasteiger partial charge in [-0.2, -0.15) is 5.26 Å². The van der Waals surface area contributed by atoms with E-state index < -0.39 is 0 Å². The average Bonchev–Trinajstić information content (AvgIpc) is 3.32. The van der Waals surface area contributed by atoms with Crippen LogP contribution in [0.1, 0.15) is 41.6 Å². The first-order valence-corrected chi connectivity index (χ1v) is 11.6. The Bertz CT molecular complexity index is 1140. The Kier molecular flexibility index (Phi) is 6.66. The van der Waals surface area contributed by atoms with Crippen molar-refractivity contribution in [2.75, 3.05) is 13.6 Å². The van der Waals surface area contributed by atoms with Crippen molar-refractivity contribution < 1.29 is 4.79 Å². The number of carbonyl (C=O) groups excluding carboxylic acids is 1. The zero-order valence-corrected chi connectivity index (χ0v) is 18.8. The predicted octanol–water partition coefficient (Wildman–Crippen LogP) is 3.55. The molecule has 3 aromatic rings. The Morgan fingerprint density at radius 2 is 2.03 bits per heavy atom. The fourth-order valence-electron chi connectivity index (χ4n) is 4.42. The van der Waals surface area contributed by atoms with E-state index in [4.69, 9.17) is 5.26 Å². The fourth-order valence-corrected chi connectivity index (χ4v) is 5.14. The molecule has 1 fully saturated rings. The molecular weight excluding hydrogens is 420 g/mol. The lowest BCUT2D eigenvalue weighted by Gasteiger charge is -2.41. The van der Waals surface area contributed by atoms with Crippen LogP contribution in [0.15, 0.2) is 59.0 Å². The molecule has 0 spiro atoms. The lowest BCUT2D eigenvalue weighted by atomic mass is 9.68. The Morgan fingerprint density at radius 1 is 1.25 bits per heavy atom. The van der Waals surface area contributed by atoms with Gasteiger partial charge in [0, 0.05) is 30.6 Å². The van der Waals surface area contributed by atoms with Gasteiger partial charge in [-0.1, -0.05) is 30.3 Å². The number of nitriles is 1. The number of nitrogens with one attached hydrogen (secondary N) is 3. The van der Waals surface area contributed by atoms with Crippen LogP contribution in [0.2, 0.25) is 0 Å². The molecule has 1 saturated carbocycles. The second-order valence-corrected chi connectivity index (χ2v) is 8.98. The molecule has 32 heavy (non-hydrogen) atoms. The maximum absolute atomic E-state index is 13.0. The lowest BCUT2D eigenvalue weighted by molar-refractivity contribution is 0.0935. The standard InChI is InChI=1S/C24H26N6OS/c1-26-23(28-15-25)30-19-9-11-24(12-10-19,18-5-3-2-4-6-18)14-27-22(31)17-7-8-20-21(13-17)32-16-29-20/h2-8,13,16,19H,9-12,14H2,1H3,(H,27,31)(H2,26,28,30). The summed E-state index contributed by atoms with van der Waals surface area (Å²) in [7, 11) is 1.66. The molecule has 1 aliphatic carbocycles. The molecule has 0 bridgehead atoms. The number of nitrogens with zero attached hydrogens (tertiary/aromatic N) is 3. The second kappa shape index (κ2) is 9.79. The number of aliphatic imine (C=N–C) groups is 1. The van der Waals surface area contributed by atoms with Crippen LogP contribution in [0.5, 0.6) is 0 Å². The van der Waals surface area contributed by atoms with E-state index in [0.717, 1.165) is 35.9 Å². The minimum absolute atomic E-state index is 0.0607. The van der Waals surface area contributed by atoms with Crippen molar-refractivity contribution in [3.8, 4) is 6.19 Å². The minimum atomic E-state index is -0.129. The molecule has 0 unspecified atom stereocenters. The maximum Gasteiger partial charge on any atom is 0.251 e. The van der Waals surface area contributed by atoms with Crippen molar-refractivity contribution in [2.45, 2.75) is 37.1 Å². The van der Waals surface area contributed by atoms with Crippen molar-refractivity contribution in [3.63, 3.8) is 0 Å². The third-order valence-electron chi connectivity index (χ3n) is 6.25. The summed E-state index contributed by atoms with van der Waals surface area (Å²) in [6, 6.07) is 16.3. The van der Waals surface area contributed by atoms with Crippen LogP contribution in [0, 0.1) is 11.5 Å². The van der Waals surface area contributed by atoms with Crippen LogP contribution >= 0.6 is 11.3 Å². The number of hydrogen-bond acceptors (Lipinski definition) is 5. The average molecular weight is 447 g/mol. The largest absolute Gasteiger partial charge is 0.353 e. The van der Waals surface area contributed by atoms with Gasteiger partial charge in [-0.25, -0.2) is 4.98 Å². The number of benzene rings is 2. The van der Waals surface area contributed by atoms with E-state index in [9.17, 15) is 4.79 Å². The summed E-state index contributed by atoms with van der Waals surface area (Å²) >= 11 is 1.54. The molecule has 0 atom stereocenters. The Balaban J connectivity index is 1.47. The highest BCUT2D eigenvalue weighted by Crippen LogP contribution is 2.39. The van der Waals surface area contributed by atoms with E-state index in [0.29, 0.717) is 18.1 Å². The smallest absolute Gasteiger partial charge is 0.251 e. The molecule has 7 nitrogen and oxygen atoms in total. The summed E-state index contributed by atoms with van der Waals surface area (Å²) in [5.74, 6) is 0.436. The molecule has 0 aliphatic heterocycles. The second-order valence-electron chi connectivity index (χ2n) is 8.09. The van der Waals surface area contributed by atoms with Crippen molar-refractivity contribution >= 4 is 33.4 Å². The number of thiazole rings is 1. The van der Waals surface area contributed by atoms with E-state index in [-0.39, 0.29) is 17.4 Å². The monoisotopic (exact) mass is 446 g/mol. The molecule has 1 amide bonds. The van der Waals surface area contributed by atoms with E-state index in [1.807, 2.05) is 30.5 Å². The molecule has 0 saturated heterocycles. The molecule has 1 aliphatic rings. The van der Waals surface area contributed by atoms with Crippen molar-refractivity contribution in [1.29, 1.82) is 5.26 Å². The van der Waals surface area contributed by atoms with E-state index in [2.05, 4.69) is 50.2 Å². The Hall–Kier alpha value is -3.44. The first-order valence-electron chi connectivity index (χ1n) is 10.7. The lowest BCUT2D eigenvalue weighted by Crippen LogP contribution is -2.49. The van der Waals surface area contributed by atoms with Gasteiger partial charge in [0.1, 0.15) is 0 Å². The van der Waals surface area contributed by atoms with Crippen LogP contribution in [-0.2, 0) is 5.41 Å². The molecule has 4 rings (SSSR count). The maximum atomic E-state index is 13.0. The van der Waals surface area contributed by atoms with Crippen LogP contribution in [0.25, 0.3) is 10.2 Å². The number of fused-ring (bicyclic) bond motifs is 1. The van der Waals surface area contributed by atoms with Gasteiger partial charge < -0.3 is 10.6 Å². The van der Waals surface area contributed by atoms with Crippen LogP contribution in [-0.4, -0.2) is 36.5 Å². The number of amides is 1. The summed E-state index contributed by atoms with van der Waals surface area (Å²) in [4.78, 5) is 21.3. The zero-order valence-electron chi connectivity index (χ0n) is 18.0. The summed E-state index contributed by atoms with van der Waals surface area (Å²) in [6.45, 7) is 0.578. The molecule has 1 heterocycles. The number of carbonyl (C=O) groups is 1. The molecule has 8 heteroatoms. The van der Waals surface area contributed by atoms with Gasteiger partial charge in [0.25, 0.3) is 5.91 Å². The summed E-state index contributed by atoms with van der Waals surface area (Å²) in [5.41, 5.74) is 4.49. The van der Waals surface area contributed by atoms with E-state index in [1.54, 1.807) is 12.6 Å². The van der Waals surface area contributed by atoms with Crippen molar-refractivity contribution in [2.24, 2.45) is 4.99 Å². The van der Waals surface area contributed by atoms with Crippen LogP contribution in [0.3, 0.4) is 0 Å². The van der Waals surface area contributed by atoms with Gasteiger partial charge in [0.2, 0.25) is 5.96 Å². The third-order valence-corrected chi connectivity index (χ3v) is 7.04. The molecule has 1 aromatic heterocycles. The number of guanidine groups is 1. The van der Waals surface area contributed by atoms with Gasteiger partial charge >= 0.3 is 0 Å². The third kappa shape index (κ3) is 4.73. The number of hydrogen-bond donors (Lipinski definition) is 3. The Labute approximate surface area is 191 Å². The SMILES string of the molecule is CN=C(NC#N)NC1CCC(CNC(=O)c2ccc3ncsc3c2)(c2ccccc2)CC1. The molecule has 164 valence electrons. The van der Waals surface area contributed by atoms with Gasteiger partial charge in [-0.3, -0.25) is 15.1 Å². The highest BCUT2D eigenvalue weighted by Gasteiger charge is 2.37. The number of aromatic nitrogens is 1. The number of rotatable bonds is 5. The molecule has 2 aromatic carbocycles. The van der Waals surface area contributed by atoms with Crippen molar-refractivity contribution in [3.05, 3.63) is 65.2 Å². The van der Waals surface area contributed by atoms with Crippen molar-refractivity contribution in [1.82, 2.24) is 20.9 Å². The summed E-state index contributed by atoms with van der Waals surface area (Å²) in [5, 5.41) is 18.0. The quantitative estimate of drug-likeness (QED) is 0.241. The molecule has 0 radical (unpaired) electrons. The van der Waals surface area contributed by atoms with E-state index >= 15 is 0 Å². The summed E-state index contributed by atoms with van der Waals surface area (Å²) < 4.78 is 1.02. The fraction of sp³-hybridized carbons (Fsp3) is 0.333. The minimum Gasteiger partial charge on any atom is -0.353 e. The van der Waals surface area contributed by atoms with Crippen LogP contribution in [0.4, 0.5) is 0 Å². The van der Waals surface area contributed by atoms with Gasteiger partial charge in [-0.15, -0.1) is 11.3 Å². The first-order chi connectivity index (χ1) is 15.6. The Morgan fingerprint density at radius 3 is 2.75 bits per heavy atom. The molecule has 3 N–H and O–H groups in total. The van der Waals surface area contributed by atoms with Gasteiger partial charge in [0.15, 0.2) is 6.19 Å². The van der Waals surface area contributed by atoms with E-state index in [1.165, 1.54) is 16.9 Å². The zero-order chi connectivity index (χ0) is 22.4. The van der Waals surface area contributed by atoms with Crippen LogP contribution < -0.4 is 16.0 Å². The highest BCUT2D eigenvalue weighted by molar-refractivity contribution is 7.16. The predicted molar refractivity (Wildman–Crippen MR) is 128 cm³/mol. The highest BCUT2D eigenvalue weighted by atomic mass is 32.1. The normalized spacial score (nSPS) is 21.0. The van der Waals surface area contributed by atoms with Gasteiger partial charge in [-0.05, 0) is 49.4 Å². The topological polar surface area (TPSA) is 102 Å².